The Morgan fingerprint density at radius 2 is 1.93 bits per heavy atom. The number of nitrogens with one attached hydrogen (secondary N) is 1. The fourth-order valence-electron chi connectivity index (χ4n) is 2.79. The molecule has 27 heavy (non-hydrogen) atoms. The Balaban J connectivity index is 1.73. The molecule has 7 heteroatoms. The summed E-state index contributed by atoms with van der Waals surface area (Å²) < 4.78 is 16.6. The second-order valence-electron chi connectivity index (χ2n) is 6.77. The van der Waals surface area contributed by atoms with Crippen LogP contribution < -0.4 is 19.5 Å². The molecule has 0 radical (unpaired) electrons. The van der Waals surface area contributed by atoms with Gasteiger partial charge in [-0.25, -0.2) is 0 Å². The lowest BCUT2D eigenvalue weighted by atomic mass is 9.93. The molecule has 1 N–H and O–H groups in total. The first-order valence-corrected chi connectivity index (χ1v) is 9.39. The molecule has 2 aromatic carbocycles. The van der Waals surface area contributed by atoms with E-state index in [-0.39, 0.29) is 12.7 Å². The maximum Gasteiger partial charge on any atom is 0.261 e. The van der Waals surface area contributed by atoms with Gasteiger partial charge >= 0.3 is 0 Å². The van der Waals surface area contributed by atoms with Crippen molar-refractivity contribution in [2.45, 2.75) is 38.8 Å². The van der Waals surface area contributed by atoms with E-state index in [1.54, 1.807) is 18.2 Å². The predicted molar refractivity (Wildman–Crippen MR) is 105 cm³/mol. The van der Waals surface area contributed by atoms with E-state index in [0.717, 1.165) is 5.56 Å². The van der Waals surface area contributed by atoms with Crippen molar-refractivity contribution in [3.05, 3.63) is 52.0 Å². The summed E-state index contributed by atoms with van der Waals surface area (Å²) in [7, 11) is 0. The van der Waals surface area contributed by atoms with Gasteiger partial charge in [0.15, 0.2) is 17.6 Å². The van der Waals surface area contributed by atoms with Crippen molar-refractivity contribution in [3.8, 4) is 17.2 Å². The third kappa shape index (κ3) is 4.42. The first-order valence-electron chi connectivity index (χ1n) is 8.64. The van der Waals surface area contributed by atoms with Crippen LogP contribution in [0.25, 0.3) is 0 Å². The second kappa shape index (κ2) is 7.87. The number of rotatable bonds is 6. The van der Waals surface area contributed by atoms with Crippen LogP contribution in [-0.4, -0.2) is 18.8 Å². The average Bonchev–Trinajstić information content (AvgIpc) is 3.08. The molecule has 1 atom stereocenters. The van der Waals surface area contributed by atoms with Gasteiger partial charge in [-0.2, -0.15) is 0 Å². The van der Waals surface area contributed by atoms with Crippen LogP contribution in [0, 0.1) is 0 Å². The van der Waals surface area contributed by atoms with Gasteiger partial charge in [0.25, 0.3) is 5.91 Å². The highest BCUT2D eigenvalue weighted by Gasteiger charge is 2.29. The van der Waals surface area contributed by atoms with E-state index in [1.807, 2.05) is 39.0 Å². The maximum absolute atomic E-state index is 12.8. The van der Waals surface area contributed by atoms with Crippen LogP contribution in [-0.2, 0) is 10.3 Å². The first kappa shape index (κ1) is 19.6. The fraction of sp³-hybridized carbons (Fsp3) is 0.350. The highest BCUT2D eigenvalue weighted by atomic mass is 35.5. The minimum Gasteiger partial charge on any atom is -0.479 e. The lowest BCUT2D eigenvalue weighted by Gasteiger charge is -2.29. The summed E-state index contributed by atoms with van der Waals surface area (Å²) in [6.45, 7) is 5.93. The first-order chi connectivity index (χ1) is 12.8. The lowest BCUT2D eigenvalue weighted by Crippen LogP contribution is -2.47. The summed E-state index contributed by atoms with van der Waals surface area (Å²) in [5.74, 6) is 1.56. The van der Waals surface area contributed by atoms with Crippen molar-refractivity contribution in [3.63, 3.8) is 0 Å². The Morgan fingerprint density at radius 1 is 1.19 bits per heavy atom. The number of carbonyl (C=O) groups excluding carboxylic acids is 1. The Bertz CT molecular complexity index is 854. The van der Waals surface area contributed by atoms with Crippen molar-refractivity contribution >= 4 is 29.1 Å². The van der Waals surface area contributed by atoms with E-state index in [1.165, 1.54) is 0 Å². The third-order valence-electron chi connectivity index (χ3n) is 4.36. The minimum absolute atomic E-state index is 0.208. The molecule has 0 bridgehead atoms. The summed E-state index contributed by atoms with van der Waals surface area (Å²) in [5.41, 5.74) is 0.276. The standard InChI is InChI=1S/C20H21Cl2NO4/c1-4-15(27-16-8-6-13(21)10-14(16)22)19(24)23-20(2,3)12-5-7-17-18(9-12)26-11-25-17/h5-10,15H,4,11H2,1-3H3,(H,23,24). The topological polar surface area (TPSA) is 56.8 Å². The van der Waals surface area contributed by atoms with Gasteiger partial charge in [-0.1, -0.05) is 36.2 Å². The van der Waals surface area contributed by atoms with Crippen LogP contribution >= 0.6 is 23.2 Å². The second-order valence-corrected chi connectivity index (χ2v) is 7.62. The smallest absolute Gasteiger partial charge is 0.261 e. The molecule has 0 aromatic heterocycles. The van der Waals surface area contributed by atoms with Crippen molar-refractivity contribution in [1.29, 1.82) is 0 Å². The number of benzene rings is 2. The molecule has 0 saturated carbocycles. The molecule has 5 nitrogen and oxygen atoms in total. The van der Waals surface area contributed by atoms with Crippen molar-refractivity contribution < 1.29 is 19.0 Å². The predicted octanol–water partition coefficient (Wildman–Crippen LogP) is 4.93. The number of hydrogen-bond acceptors (Lipinski definition) is 4. The number of fused-ring (bicyclic) bond motifs is 1. The lowest BCUT2D eigenvalue weighted by molar-refractivity contribution is -0.129. The van der Waals surface area contributed by atoms with E-state index in [2.05, 4.69) is 5.32 Å². The molecule has 3 rings (SSSR count). The van der Waals surface area contributed by atoms with E-state index in [9.17, 15) is 4.79 Å². The summed E-state index contributed by atoms with van der Waals surface area (Å²) in [4.78, 5) is 12.8. The molecule has 0 aliphatic carbocycles. The molecule has 1 amide bonds. The molecule has 2 aromatic rings. The Labute approximate surface area is 168 Å². The van der Waals surface area contributed by atoms with Crippen LogP contribution in [0.2, 0.25) is 10.0 Å². The zero-order valence-corrected chi connectivity index (χ0v) is 16.9. The molecule has 1 heterocycles. The summed E-state index contributed by atoms with van der Waals surface area (Å²) in [5, 5.41) is 3.91. The normalized spacial score (nSPS) is 14.0. The Morgan fingerprint density at radius 3 is 2.63 bits per heavy atom. The molecular weight excluding hydrogens is 389 g/mol. The van der Waals surface area contributed by atoms with Crippen molar-refractivity contribution in [2.75, 3.05) is 6.79 Å². The highest BCUT2D eigenvalue weighted by Crippen LogP contribution is 2.36. The summed E-state index contributed by atoms with van der Waals surface area (Å²) >= 11 is 12.1. The van der Waals surface area contributed by atoms with E-state index >= 15 is 0 Å². The number of hydrogen-bond donors (Lipinski definition) is 1. The zero-order valence-electron chi connectivity index (χ0n) is 15.3. The molecule has 1 unspecified atom stereocenters. The van der Waals surface area contributed by atoms with Crippen LogP contribution in [0.1, 0.15) is 32.8 Å². The number of halogens is 2. The highest BCUT2D eigenvalue weighted by molar-refractivity contribution is 6.35. The van der Waals surface area contributed by atoms with Crippen LogP contribution in [0.15, 0.2) is 36.4 Å². The van der Waals surface area contributed by atoms with Gasteiger partial charge in [0.05, 0.1) is 10.6 Å². The third-order valence-corrected chi connectivity index (χ3v) is 4.89. The summed E-state index contributed by atoms with van der Waals surface area (Å²) in [6.07, 6.45) is -0.195. The van der Waals surface area contributed by atoms with Gasteiger partial charge in [0, 0.05) is 5.02 Å². The zero-order chi connectivity index (χ0) is 19.6. The molecular formula is C20H21Cl2NO4. The summed E-state index contributed by atoms with van der Waals surface area (Å²) in [6, 6.07) is 10.5. The van der Waals surface area contributed by atoms with Gasteiger partial charge in [-0.3, -0.25) is 4.79 Å². The average molecular weight is 410 g/mol. The number of amides is 1. The van der Waals surface area contributed by atoms with Gasteiger partial charge in [0.2, 0.25) is 6.79 Å². The SMILES string of the molecule is CCC(Oc1ccc(Cl)cc1Cl)C(=O)NC(C)(C)c1ccc2c(c1)OCO2. The number of ether oxygens (including phenoxy) is 3. The quantitative estimate of drug-likeness (QED) is 0.734. The molecule has 0 spiro atoms. The van der Waals surface area contributed by atoms with Crippen LogP contribution in [0.3, 0.4) is 0 Å². The van der Waals surface area contributed by atoms with Crippen LogP contribution in [0.5, 0.6) is 17.2 Å². The monoisotopic (exact) mass is 409 g/mol. The maximum atomic E-state index is 12.8. The van der Waals surface area contributed by atoms with E-state index < -0.39 is 11.6 Å². The van der Waals surface area contributed by atoms with Crippen LogP contribution in [0.4, 0.5) is 0 Å². The Hall–Kier alpha value is -2.11. The largest absolute Gasteiger partial charge is 0.479 e. The molecule has 0 saturated heterocycles. The number of carbonyl (C=O) groups is 1. The minimum atomic E-state index is -0.683. The van der Waals surface area contributed by atoms with E-state index in [4.69, 9.17) is 37.4 Å². The van der Waals surface area contributed by atoms with E-state index in [0.29, 0.717) is 33.7 Å². The Kier molecular flexibility index (Phi) is 5.72. The molecule has 0 fully saturated rings. The molecule has 1 aliphatic rings. The van der Waals surface area contributed by atoms with Crippen molar-refractivity contribution in [2.24, 2.45) is 0 Å². The van der Waals surface area contributed by atoms with Gasteiger partial charge < -0.3 is 19.5 Å². The van der Waals surface area contributed by atoms with Gasteiger partial charge in [-0.05, 0) is 56.2 Å². The molecule has 1 aliphatic heterocycles. The fourth-order valence-corrected chi connectivity index (χ4v) is 3.25. The van der Waals surface area contributed by atoms with Gasteiger partial charge in [0.1, 0.15) is 5.75 Å². The van der Waals surface area contributed by atoms with Crippen molar-refractivity contribution in [1.82, 2.24) is 5.32 Å². The van der Waals surface area contributed by atoms with Gasteiger partial charge in [-0.15, -0.1) is 0 Å². The molecule has 144 valence electrons.